The number of carbonyl (C=O) groups is 1. The van der Waals surface area contributed by atoms with Gasteiger partial charge in [-0.05, 0) is 23.3 Å². The zero-order chi connectivity index (χ0) is 18.7. The second kappa shape index (κ2) is 7.03. The van der Waals surface area contributed by atoms with Crippen LogP contribution in [0.2, 0.25) is 0 Å². The van der Waals surface area contributed by atoms with E-state index in [2.05, 4.69) is 0 Å². The van der Waals surface area contributed by atoms with Crippen LogP contribution in [0.3, 0.4) is 0 Å². The number of hydrogen-bond acceptors (Lipinski definition) is 5. The summed E-state index contributed by atoms with van der Waals surface area (Å²) >= 11 is 0. The Labute approximate surface area is 151 Å². The largest absolute Gasteiger partial charge is 0.495 e. The van der Waals surface area contributed by atoms with Gasteiger partial charge in [0.15, 0.2) is 5.69 Å². The van der Waals surface area contributed by atoms with Crippen molar-refractivity contribution in [2.75, 3.05) is 20.0 Å². The van der Waals surface area contributed by atoms with Gasteiger partial charge in [0.25, 0.3) is 0 Å². The number of nitrogen functional groups attached to an aromatic ring is 1. The first kappa shape index (κ1) is 17.1. The minimum Gasteiger partial charge on any atom is -0.495 e. The van der Waals surface area contributed by atoms with Crippen molar-refractivity contribution in [3.05, 3.63) is 66.0 Å². The van der Waals surface area contributed by atoms with Gasteiger partial charge in [-0.3, -0.25) is 0 Å². The lowest BCUT2D eigenvalue weighted by Gasteiger charge is -2.14. The molecule has 0 aliphatic heterocycles. The second-order valence-corrected chi connectivity index (χ2v) is 5.53. The number of methoxy groups -OCH3 is 2. The van der Waals surface area contributed by atoms with Crippen molar-refractivity contribution in [2.45, 2.75) is 0 Å². The summed E-state index contributed by atoms with van der Waals surface area (Å²) in [6, 6.07) is 17.4. The Kier molecular flexibility index (Phi) is 4.63. The van der Waals surface area contributed by atoms with Gasteiger partial charge in [0.1, 0.15) is 11.8 Å². The maximum absolute atomic E-state index is 12.2. The molecular weight excluding hydrogens is 330 g/mol. The van der Waals surface area contributed by atoms with Crippen molar-refractivity contribution in [1.29, 1.82) is 5.26 Å². The van der Waals surface area contributed by atoms with Gasteiger partial charge in [-0.15, -0.1) is 0 Å². The smallest absolute Gasteiger partial charge is 0.357 e. The molecule has 6 heteroatoms. The van der Waals surface area contributed by atoms with Crippen LogP contribution in [0.15, 0.2) is 54.7 Å². The Balaban J connectivity index is 2.27. The lowest BCUT2D eigenvalue weighted by molar-refractivity contribution is 0.0593. The van der Waals surface area contributed by atoms with E-state index in [0.717, 1.165) is 11.1 Å². The van der Waals surface area contributed by atoms with E-state index in [-0.39, 0.29) is 16.9 Å². The number of ether oxygens (including phenoxy) is 2. The third kappa shape index (κ3) is 2.87. The van der Waals surface area contributed by atoms with Crippen molar-refractivity contribution in [3.8, 4) is 28.6 Å². The van der Waals surface area contributed by atoms with Gasteiger partial charge < -0.3 is 19.8 Å². The van der Waals surface area contributed by atoms with E-state index in [1.54, 1.807) is 6.07 Å². The van der Waals surface area contributed by atoms with E-state index >= 15 is 0 Å². The molecule has 0 fully saturated rings. The fourth-order valence-electron chi connectivity index (χ4n) is 2.79. The first-order valence-electron chi connectivity index (χ1n) is 7.83. The molecule has 1 heterocycles. The SMILES string of the molecule is COC(=O)c1c(N)c(C#N)cn1-c1cc(-c2ccccc2)ccc1OC. The maximum Gasteiger partial charge on any atom is 0.357 e. The summed E-state index contributed by atoms with van der Waals surface area (Å²) in [6.07, 6.45) is 1.51. The molecule has 2 N–H and O–H groups in total. The highest BCUT2D eigenvalue weighted by atomic mass is 16.5. The lowest BCUT2D eigenvalue weighted by Crippen LogP contribution is -2.11. The number of hydrogen-bond donors (Lipinski definition) is 1. The van der Waals surface area contributed by atoms with E-state index in [1.807, 2.05) is 48.5 Å². The van der Waals surface area contributed by atoms with Gasteiger partial charge >= 0.3 is 5.97 Å². The van der Waals surface area contributed by atoms with Gasteiger partial charge in [-0.1, -0.05) is 36.4 Å². The van der Waals surface area contributed by atoms with Crippen molar-refractivity contribution in [3.63, 3.8) is 0 Å². The van der Waals surface area contributed by atoms with Crippen LogP contribution in [-0.4, -0.2) is 24.8 Å². The molecular formula is C20H17N3O3. The molecule has 0 saturated heterocycles. The zero-order valence-corrected chi connectivity index (χ0v) is 14.4. The van der Waals surface area contributed by atoms with Crippen LogP contribution in [-0.2, 0) is 4.74 Å². The molecule has 6 nitrogen and oxygen atoms in total. The Bertz CT molecular complexity index is 1000. The molecule has 0 aliphatic rings. The third-order valence-electron chi connectivity index (χ3n) is 4.09. The predicted octanol–water partition coefficient (Wildman–Crippen LogP) is 3.39. The van der Waals surface area contributed by atoms with Crippen LogP contribution in [0.4, 0.5) is 5.69 Å². The van der Waals surface area contributed by atoms with Crippen molar-refractivity contribution in [1.82, 2.24) is 4.57 Å². The van der Waals surface area contributed by atoms with Crippen LogP contribution in [0.1, 0.15) is 16.1 Å². The van der Waals surface area contributed by atoms with E-state index in [0.29, 0.717) is 11.4 Å². The average Bonchev–Trinajstić information content (AvgIpc) is 3.03. The number of nitriles is 1. The first-order chi connectivity index (χ1) is 12.6. The molecule has 26 heavy (non-hydrogen) atoms. The van der Waals surface area contributed by atoms with Gasteiger partial charge in [0.05, 0.1) is 31.2 Å². The Morgan fingerprint density at radius 3 is 2.46 bits per heavy atom. The predicted molar refractivity (Wildman–Crippen MR) is 98.2 cm³/mol. The topological polar surface area (TPSA) is 90.3 Å². The number of nitrogens with two attached hydrogens (primary N) is 1. The Morgan fingerprint density at radius 2 is 1.85 bits per heavy atom. The minimum atomic E-state index is -0.629. The first-order valence-corrected chi connectivity index (χ1v) is 7.83. The van der Waals surface area contributed by atoms with Crippen LogP contribution >= 0.6 is 0 Å². The molecule has 3 rings (SSSR count). The van der Waals surface area contributed by atoms with E-state index < -0.39 is 5.97 Å². The fraction of sp³-hybridized carbons (Fsp3) is 0.100. The van der Waals surface area contributed by atoms with Crippen LogP contribution < -0.4 is 10.5 Å². The summed E-state index contributed by atoms with van der Waals surface area (Å²) in [5.74, 6) is -0.0921. The van der Waals surface area contributed by atoms with Crippen LogP contribution in [0.5, 0.6) is 5.75 Å². The molecule has 0 bridgehead atoms. The summed E-state index contributed by atoms with van der Waals surface area (Å²) in [4.78, 5) is 12.2. The fourth-order valence-corrected chi connectivity index (χ4v) is 2.79. The zero-order valence-electron chi connectivity index (χ0n) is 14.4. The maximum atomic E-state index is 12.2. The number of aromatic nitrogens is 1. The van der Waals surface area contributed by atoms with Crippen LogP contribution in [0, 0.1) is 11.3 Å². The van der Waals surface area contributed by atoms with Crippen molar-refractivity contribution >= 4 is 11.7 Å². The standard InChI is InChI=1S/C20H17N3O3/c1-25-17-9-8-14(13-6-4-3-5-7-13)10-16(17)23-12-15(11-21)18(22)19(23)20(24)26-2/h3-10,12H,22H2,1-2H3. The molecule has 130 valence electrons. The van der Waals surface area contributed by atoms with E-state index in [1.165, 1.54) is 25.0 Å². The van der Waals surface area contributed by atoms with E-state index in [4.69, 9.17) is 15.2 Å². The number of anilines is 1. The number of nitrogens with zero attached hydrogens (tertiary/aromatic N) is 2. The second-order valence-electron chi connectivity index (χ2n) is 5.53. The molecule has 0 amide bonds. The number of carbonyl (C=O) groups excluding carboxylic acids is 1. The Hall–Kier alpha value is -3.72. The number of esters is 1. The summed E-state index contributed by atoms with van der Waals surface area (Å²) < 4.78 is 11.8. The van der Waals surface area contributed by atoms with Gasteiger partial charge in [0.2, 0.25) is 0 Å². The van der Waals surface area contributed by atoms with Gasteiger partial charge in [0, 0.05) is 6.20 Å². The highest BCUT2D eigenvalue weighted by Crippen LogP contribution is 2.33. The summed E-state index contributed by atoms with van der Waals surface area (Å²) in [5, 5.41) is 9.29. The normalized spacial score (nSPS) is 10.2. The van der Waals surface area contributed by atoms with Crippen molar-refractivity contribution in [2.24, 2.45) is 0 Å². The van der Waals surface area contributed by atoms with Gasteiger partial charge in [-0.25, -0.2) is 4.79 Å². The molecule has 3 aromatic rings. The molecule has 1 aromatic heterocycles. The summed E-state index contributed by atoms with van der Waals surface area (Å²) in [7, 11) is 2.81. The highest BCUT2D eigenvalue weighted by Gasteiger charge is 2.23. The molecule has 0 radical (unpaired) electrons. The lowest BCUT2D eigenvalue weighted by atomic mass is 10.0. The molecule has 2 aromatic carbocycles. The minimum absolute atomic E-state index is 0.0755. The monoisotopic (exact) mass is 347 g/mol. The Morgan fingerprint density at radius 1 is 1.12 bits per heavy atom. The van der Waals surface area contributed by atoms with Gasteiger partial charge in [-0.2, -0.15) is 5.26 Å². The molecule has 0 aliphatic carbocycles. The average molecular weight is 347 g/mol. The summed E-state index contributed by atoms with van der Waals surface area (Å²) in [5.41, 5.74) is 8.87. The van der Waals surface area contributed by atoms with E-state index in [9.17, 15) is 10.1 Å². The summed E-state index contributed by atoms with van der Waals surface area (Å²) in [6.45, 7) is 0. The molecule has 0 atom stereocenters. The van der Waals surface area contributed by atoms with Crippen molar-refractivity contribution < 1.29 is 14.3 Å². The molecule has 0 spiro atoms. The molecule has 0 saturated carbocycles. The van der Waals surface area contributed by atoms with Crippen LogP contribution in [0.25, 0.3) is 16.8 Å². The third-order valence-corrected chi connectivity index (χ3v) is 4.09. The number of benzene rings is 2. The quantitative estimate of drug-likeness (QED) is 0.731. The molecule has 0 unspecified atom stereocenters. The highest BCUT2D eigenvalue weighted by molar-refractivity contribution is 5.96. The number of rotatable bonds is 4.